The third kappa shape index (κ3) is 2.84. The Morgan fingerprint density at radius 3 is 2.89 bits per heavy atom. The van der Waals surface area contributed by atoms with E-state index in [0.29, 0.717) is 17.3 Å². The second kappa shape index (κ2) is 5.14. The molecule has 0 atom stereocenters. The van der Waals surface area contributed by atoms with E-state index in [9.17, 15) is 4.79 Å². The van der Waals surface area contributed by atoms with Crippen LogP contribution < -0.4 is 5.73 Å². The van der Waals surface area contributed by atoms with Crippen LogP contribution in [0.4, 0.5) is 5.82 Å². The number of thioether (sulfide) groups is 1. The molecule has 0 aliphatic carbocycles. The normalized spacial score (nSPS) is 10.5. The van der Waals surface area contributed by atoms with Crippen molar-refractivity contribution >= 4 is 23.5 Å². The van der Waals surface area contributed by atoms with Crippen LogP contribution in [0.2, 0.25) is 0 Å². The van der Waals surface area contributed by atoms with Crippen LogP contribution in [0.25, 0.3) is 0 Å². The van der Waals surface area contributed by atoms with E-state index < -0.39 is 5.97 Å². The van der Waals surface area contributed by atoms with Gasteiger partial charge in [0.2, 0.25) is 5.76 Å². The number of aromatic carboxylic acids is 1. The lowest BCUT2D eigenvalue weighted by Crippen LogP contribution is -1.91. The summed E-state index contributed by atoms with van der Waals surface area (Å²) in [5, 5.41) is 8.81. The van der Waals surface area contributed by atoms with Gasteiger partial charge in [0.25, 0.3) is 0 Å². The summed E-state index contributed by atoms with van der Waals surface area (Å²) < 4.78 is 5.14. The third-order valence-corrected chi connectivity index (χ3v) is 3.42. The van der Waals surface area contributed by atoms with Crippen LogP contribution in [0.1, 0.15) is 21.9 Å². The minimum absolute atomic E-state index is 0.0291. The number of nitrogens with zero attached hydrogens (tertiary/aromatic N) is 1. The molecule has 6 heteroatoms. The molecule has 2 heterocycles. The lowest BCUT2D eigenvalue weighted by molar-refractivity contribution is 0.0661. The number of nitrogen functional groups attached to an aromatic ring is 1. The molecule has 0 unspecified atom stereocenters. The third-order valence-electron chi connectivity index (χ3n) is 2.38. The van der Waals surface area contributed by atoms with Crippen molar-refractivity contribution in [2.75, 3.05) is 5.73 Å². The van der Waals surface area contributed by atoms with E-state index in [4.69, 9.17) is 15.3 Å². The van der Waals surface area contributed by atoms with E-state index in [1.165, 1.54) is 0 Å². The number of carbonyl (C=O) groups is 1. The number of carboxylic acids is 1. The molecule has 0 bridgehead atoms. The maximum atomic E-state index is 10.8. The van der Waals surface area contributed by atoms with Gasteiger partial charge in [-0.3, -0.25) is 0 Å². The Morgan fingerprint density at radius 1 is 1.56 bits per heavy atom. The van der Waals surface area contributed by atoms with Crippen LogP contribution in [-0.4, -0.2) is 16.1 Å². The first-order valence-electron chi connectivity index (χ1n) is 5.23. The summed E-state index contributed by atoms with van der Waals surface area (Å²) in [6.45, 7) is 1.75. The summed E-state index contributed by atoms with van der Waals surface area (Å²) in [6, 6.07) is 5.16. The van der Waals surface area contributed by atoms with E-state index in [0.717, 1.165) is 10.5 Å². The highest BCUT2D eigenvalue weighted by atomic mass is 32.2. The number of hydrogen-bond donors (Lipinski definition) is 2. The quantitative estimate of drug-likeness (QED) is 0.825. The molecule has 0 saturated heterocycles. The highest BCUT2D eigenvalue weighted by Gasteiger charge is 2.13. The van der Waals surface area contributed by atoms with Crippen molar-refractivity contribution < 1.29 is 14.3 Å². The molecule has 0 spiro atoms. The average molecular weight is 264 g/mol. The van der Waals surface area contributed by atoms with E-state index in [-0.39, 0.29) is 5.76 Å². The molecule has 18 heavy (non-hydrogen) atoms. The zero-order valence-corrected chi connectivity index (χ0v) is 10.5. The van der Waals surface area contributed by atoms with Gasteiger partial charge in [-0.15, -0.1) is 11.8 Å². The largest absolute Gasteiger partial charge is 0.475 e. The van der Waals surface area contributed by atoms with Crippen molar-refractivity contribution in [3.05, 3.63) is 41.5 Å². The number of anilines is 1. The van der Waals surface area contributed by atoms with E-state index in [1.54, 1.807) is 37.0 Å². The summed E-state index contributed by atoms with van der Waals surface area (Å²) in [6.07, 6.45) is 1.69. The van der Waals surface area contributed by atoms with Gasteiger partial charge in [-0.25, -0.2) is 9.78 Å². The lowest BCUT2D eigenvalue weighted by Gasteiger charge is -2.00. The van der Waals surface area contributed by atoms with Crippen LogP contribution >= 0.6 is 11.8 Å². The fourth-order valence-corrected chi connectivity index (χ4v) is 2.31. The number of aryl methyl sites for hydroxylation is 1. The number of hydrogen-bond acceptors (Lipinski definition) is 5. The fourth-order valence-electron chi connectivity index (χ4n) is 1.41. The molecule has 0 aromatic carbocycles. The zero-order chi connectivity index (χ0) is 13.1. The molecule has 2 aromatic rings. The molecule has 0 amide bonds. The number of aromatic nitrogens is 1. The number of pyridine rings is 1. The van der Waals surface area contributed by atoms with E-state index >= 15 is 0 Å². The monoisotopic (exact) mass is 264 g/mol. The highest BCUT2D eigenvalue weighted by molar-refractivity contribution is 7.98. The standard InChI is InChI=1S/C12H12N2O3S/c1-7-8(4-10(17-7)12(15)16)6-18-9-2-3-11(13)14-5-9/h2-5H,6H2,1H3,(H2,13,14)(H,15,16). The van der Waals surface area contributed by atoms with Gasteiger partial charge >= 0.3 is 5.97 Å². The fraction of sp³-hybridized carbons (Fsp3) is 0.167. The van der Waals surface area contributed by atoms with Crippen LogP contribution in [0.5, 0.6) is 0 Å². The SMILES string of the molecule is Cc1oc(C(=O)O)cc1CSc1ccc(N)nc1. The molecule has 0 fully saturated rings. The molecule has 3 N–H and O–H groups in total. The van der Waals surface area contributed by atoms with Crippen LogP contribution in [0.15, 0.2) is 33.7 Å². The first-order valence-corrected chi connectivity index (χ1v) is 6.22. The van der Waals surface area contributed by atoms with Gasteiger partial charge in [0.05, 0.1) is 0 Å². The van der Waals surface area contributed by atoms with Crippen molar-refractivity contribution in [3.63, 3.8) is 0 Å². The molecule has 0 aliphatic heterocycles. The highest BCUT2D eigenvalue weighted by Crippen LogP contribution is 2.26. The van der Waals surface area contributed by atoms with Crippen LogP contribution in [0.3, 0.4) is 0 Å². The van der Waals surface area contributed by atoms with Crippen molar-refractivity contribution in [3.8, 4) is 0 Å². The summed E-state index contributed by atoms with van der Waals surface area (Å²) in [5.41, 5.74) is 6.36. The molecule has 2 rings (SSSR count). The predicted molar refractivity (Wildman–Crippen MR) is 68.6 cm³/mol. The first kappa shape index (κ1) is 12.5. The minimum atomic E-state index is -1.05. The Kier molecular flexibility index (Phi) is 3.57. The first-order chi connectivity index (χ1) is 8.56. The molecule has 0 radical (unpaired) electrons. The number of carboxylic acid groups (broad SMARTS) is 1. The minimum Gasteiger partial charge on any atom is -0.475 e. The Hall–Kier alpha value is -1.95. The second-order valence-electron chi connectivity index (χ2n) is 3.70. The Balaban J connectivity index is 2.06. The van der Waals surface area contributed by atoms with E-state index in [1.807, 2.05) is 6.07 Å². The number of nitrogens with two attached hydrogens (primary N) is 1. The summed E-state index contributed by atoms with van der Waals surface area (Å²) in [5.74, 6) is 0.658. The van der Waals surface area contributed by atoms with Crippen molar-refractivity contribution in [1.29, 1.82) is 0 Å². The summed E-state index contributed by atoms with van der Waals surface area (Å²) in [7, 11) is 0. The molecule has 0 aliphatic rings. The molecular formula is C12H12N2O3S. The zero-order valence-electron chi connectivity index (χ0n) is 9.71. The Labute approximate surface area is 108 Å². The molecule has 94 valence electrons. The van der Waals surface area contributed by atoms with Crippen LogP contribution in [-0.2, 0) is 5.75 Å². The van der Waals surface area contributed by atoms with Gasteiger partial charge in [0, 0.05) is 22.4 Å². The van der Waals surface area contributed by atoms with Gasteiger partial charge in [0.15, 0.2) is 0 Å². The number of rotatable bonds is 4. The molecule has 0 saturated carbocycles. The molecule has 5 nitrogen and oxygen atoms in total. The average Bonchev–Trinajstić information content (AvgIpc) is 2.70. The smallest absolute Gasteiger partial charge is 0.371 e. The van der Waals surface area contributed by atoms with Gasteiger partial charge in [-0.2, -0.15) is 0 Å². The summed E-state index contributed by atoms with van der Waals surface area (Å²) in [4.78, 5) is 15.7. The topological polar surface area (TPSA) is 89.3 Å². The molecule has 2 aromatic heterocycles. The van der Waals surface area contributed by atoms with Crippen LogP contribution in [0, 0.1) is 6.92 Å². The Morgan fingerprint density at radius 2 is 2.33 bits per heavy atom. The van der Waals surface area contributed by atoms with Crippen molar-refractivity contribution in [2.45, 2.75) is 17.6 Å². The van der Waals surface area contributed by atoms with E-state index in [2.05, 4.69) is 4.98 Å². The lowest BCUT2D eigenvalue weighted by atomic mass is 10.3. The number of furan rings is 1. The Bertz CT molecular complexity index is 563. The van der Waals surface area contributed by atoms with Gasteiger partial charge < -0.3 is 15.3 Å². The maximum absolute atomic E-state index is 10.8. The van der Waals surface area contributed by atoms with Gasteiger partial charge in [-0.1, -0.05) is 0 Å². The van der Waals surface area contributed by atoms with Crippen molar-refractivity contribution in [1.82, 2.24) is 4.98 Å². The predicted octanol–water partition coefficient (Wildman–Crippen LogP) is 2.56. The van der Waals surface area contributed by atoms with Gasteiger partial charge in [-0.05, 0) is 25.1 Å². The second-order valence-corrected chi connectivity index (χ2v) is 4.75. The maximum Gasteiger partial charge on any atom is 0.371 e. The van der Waals surface area contributed by atoms with Crippen molar-refractivity contribution in [2.24, 2.45) is 0 Å². The summed E-state index contributed by atoms with van der Waals surface area (Å²) >= 11 is 1.55. The molecular weight excluding hydrogens is 252 g/mol. The van der Waals surface area contributed by atoms with Gasteiger partial charge in [0.1, 0.15) is 11.6 Å².